The van der Waals surface area contributed by atoms with Gasteiger partial charge in [-0.15, -0.1) is 0 Å². The van der Waals surface area contributed by atoms with Gasteiger partial charge in [-0.25, -0.2) is 0 Å². The lowest BCUT2D eigenvalue weighted by Gasteiger charge is -2.16. The third-order valence-corrected chi connectivity index (χ3v) is 2.57. The molecule has 0 aromatic heterocycles. The second kappa shape index (κ2) is 5.36. The Morgan fingerprint density at radius 3 is 2.42 bits per heavy atom. The first-order valence-electron chi connectivity index (χ1n) is 5.27. The van der Waals surface area contributed by atoms with E-state index in [4.69, 9.17) is 0 Å². The minimum Gasteiger partial charge on any atom is -0.299 e. The molecule has 0 aromatic rings. The molecule has 0 radical (unpaired) electrons. The van der Waals surface area contributed by atoms with E-state index in [2.05, 4.69) is 24.8 Å². The van der Waals surface area contributed by atoms with Crippen LogP contribution in [0.1, 0.15) is 39.5 Å². The summed E-state index contributed by atoms with van der Waals surface area (Å²) in [6.45, 7) is 8.35. The zero-order valence-corrected chi connectivity index (χ0v) is 8.47. The summed E-state index contributed by atoms with van der Waals surface area (Å²) in [5.74, 6) is 0. The van der Waals surface area contributed by atoms with Crippen LogP contribution >= 0.6 is 0 Å². The first-order valence-corrected chi connectivity index (χ1v) is 5.27. The quantitative estimate of drug-likeness (QED) is 0.582. The SMILES string of the molecule is CC/C=C(\CC)CN1CCCC1. The summed E-state index contributed by atoms with van der Waals surface area (Å²) in [5.41, 5.74) is 1.62. The van der Waals surface area contributed by atoms with Crippen molar-refractivity contribution in [1.29, 1.82) is 0 Å². The van der Waals surface area contributed by atoms with Gasteiger partial charge in [0.05, 0.1) is 0 Å². The predicted molar refractivity (Wildman–Crippen MR) is 54.3 cm³/mol. The molecule has 1 nitrogen and oxygen atoms in total. The highest BCUT2D eigenvalue weighted by Crippen LogP contribution is 2.12. The molecule has 70 valence electrons. The van der Waals surface area contributed by atoms with Crippen LogP contribution in [0.25, 0.3) is 0 Å². The Balaban J connectivity index is 2.30. The normalized spacial score (nSPS) is 20.3. The molecule has 0 saturated carbocycles. The van der Waals surface area contributed by atoms with Crippen LogP contribution < -0.4 is 0 Å². The average molecular weight is 167 g/mol. The molecule has 1 aliphatic heterocycles. The van der Waals surface area contributed by atoms with E-state index in [1.807, 2.05) is 0 Å². The van der Waals surface area contributed by atoms with Gasteiger partial charge in [-0.1, -0.05) is 25.5 Å². The summed E-state index contributed by atoms with van der Waals surface area (Å²) in [6, 6.07) is 0. The molecular formula is C11H21N. The van der Waals surface area contributed by atoms with Crippen molar-refractivity contribution in [2.75, 3.05) is 19.6 Å². The van der Waals surface area contributed by atoms with Crippen molar-refractivity contribution in [1.82, 2.24) is 4.90 Å². The standard InChI is InChI=1S/C11H21N/c1-3-7-11(4-2)10-12-8-5-6-9-12/h7H,3-6,8-10H2,1-2H3/b11-7+. The monoisotopic (exact) mass is 167 g/mol. The van der Waals surface area contributed by atoms with Crippen molar-refractivity contribution >= 4 is 0 Å². The number of hydrogen-bond donors (Lipinski definition) is 0. The van der Waals surface area contributed by atoms with Gasteiger partial charge in [0.1, 0.15) is 0 Å². The van der Waals surface area contributed by atoms with Gasteiger partial charge < -0.3 is 0 Å². The number of nitrogens with zero attached hydrogens (tertiary/aromatic N) is 1. The summed E-state index contributed by atoms with van der Waals surface area (Å²) >= 11 is 0. The smallest absolute Gasteiger partial charge is 0.0192 e. The maximum Gasteiger partial charge on any atom is 0.0192 e. The van der Waals surface area contributed by atoms with Gasteiger partial charge in [-0.2, -0.15) is 0 Å². The zero-order chi connectivity index (χ0) is 8.81. The summed E-state index contributed by atoms with van der Waals surface area (Å²) in [4.78, 5) is 2.57. The molecule has 0 amide bonds. The van der Waals surface area contributed by atoms with E-state index in [0.29, 0.717) is 0 Å². The minimum absolute atomic E-state index is 1.19. The van der Waals surface area contributed by atoms with Crippen molar-refractivity contribution in [2.45, 2.75) is 39.5 Å². The average Bonchev–Trinajstić information content (AvgIpc) is 2.56. The van der Waals surface area contributed by atoms with E-state index in [9.17, 15) is 0 Å². The molecule has 0 atom stereocenters. The van der Waals surface area contributed by atoms with E-state index < -0.39 is 0 Å². The molecule has 1 heterocycles. The third-order valence-electron chi connectivity index (χ3n) is 2.57. The molecule has 0 spiro atoms. The van der Waals surface area contributed by atoms with Gasteiger partial charge in [0.2, 0.25) is 0 Å². The molecule has 0 aliphatic carbocycles. The molecule has 1 saturated heterocycles. The first kappa shape index (κ1) is 9.79. The molecule has 1 aliphatic rings. The first-order chi connectivity index (χ1) is 5.86. The summed E-state index contributed by atoms with van der Waals surface area (Å²) in [5, 5.41) is 0. The van der Waals surface area contributed by atoms with Crippen LogP contribution in [0.3, 0.4) is 0 Å². The molecule has 0 N–H and O–H groups in total. The number of allylic oxidation sites excluding steroid dienone is 1. The maximum absolute atomic E-state index is 2.57. The molecule has 12 heavy (non-hydrogen) atoms. The van der Waals surface area contributed by atoms with E-state index in [-0.39, 0.29) is 0 Å². The Labute approximate surface area is 76.5 Å². The molecule has 0 unspecified atom stereocenters. The minimum atomic E-state index is 1.19. The number of rotatable bonds is 4. The predicted octanol–water partition coefficient (Wildman–Crippen LogP) is 2.83. The fraction of sp³-hybridized carbons (Fsp3) is 0.818. The van der Waals surface area contributed by atoms with Crippen LogP contribution in [0.4, 0.5) is 0 Å². The van der Waals surface area contributed by atoms with Gasteiger partial charge in [0.15, 0.2) is 0 Å². The van der Waals surface area contributed by atoms with Crippen LogP contribution in [-0.2, 0) is 0 Å². The Kier molecular flexibility index (Phi) is 4.37. The van der Waals surface area contributed by atoms with Gasteiger partial charge >= 0.3 is 0 Å². The highest BCUT2D eigenvalue weighted by Gasteiger charge is 2.11. The second-order valence-electron chi connectivity index (χ2n) is 3.61. The Bertz CT molecular complexity index is 143. The summed E-state index contributed by atoms with van der Waals surface area (Å²) in [6.07, 6.45) is 7.62. The third kappa shape index (κ3) is 2.98. The summed E-state index contributed by atoms with van der Waals surface area (Å²) < 4.78 is 0. The van der Waals surface area contributed by atoms with Gasteiger partial charge in [-0.05, 0) is 38.8 Å². The Morgan fingerprint density at radius 1 is 1.25 bits per heavy atom. The largest absolute Gasteiger partial charge is 0.299 e. The molecule has 0 bridgehead atoms. The maximum atomic E-state index is 2.57. The van der Waals surface area contributed by atoms with Crippen molar-refractivity contribution in [3.8, 4) is 0 Å². The lowest BCUT2D eigenvalue weighted by atomic mass is 10.1. The highest BCUT2D eigenvalue weighted by molar-refractivity contribution is 5.03. The lowest BCUT2D eigenvalue weighted by Crippen LogP contribution is -2.21. The van der Waals surface area contributed by atoms with Gasteiger partial charge in [-0.3, -0.25) is 4.90 Å². The van der Waals surface area contributed by atoms with Crippen LogP contribution in [0.5, 0.6) is 0 Å². The van der Waals surface area contributed by atoms with Crippen molar-refractivity contribution in [3.63, 3.8) is 0 Å². The number of likely N-dealkylation sites (tertiary alicyclic amines) is 1. The van der Waals surface area contributed by atoms with Crippen LogP contribution in [0.2, 0.25) is 0 Å². The molecule has 0 aromatic carbocycles. The molecule has 1 rings (SSSR count). The Morgan fingerprint density at radius 2 is 1.92 bits per heavy atom. The zero-order valence-electron chi connectivity index (χ0n) is 8.47. The summed E-state index contributed by atoms with van der Waals surface area (Å²) in [7, 11) is 0. The van der Waals surface area contributed by atoms with Crippen molar-refractivity contribution in [2.24, 2.45) is 0 Å². The lowest BCUT2D eigenvalue weighted by molar-refractivity contribution is 0.365. The fourth-order valence-corrected chi connectivity index (χ4v) is 1.84. The fourth-order valence-electron chi connectivity index (χ4n) is 1.84. The van der Waals surface area contributed by atoms with Crippen molar-refractivity contribution in [3.05, 3.63) is 11.6 Å². The van der Waals surface area contributed by atoms with Gasteiger partial charge in [0.25, 0.3) is 0 Å². The van der Waals surface area contributed by atoms with E-state index in [0.717, 1.165) is 0 Å². The van der Waals surface area contributed by atoms with Crippen LogP contribution in [-0.4, -0.2) is 24.5 Å². The molecular weight excluding hydrogens is 146 g/mol. The van der Waals surface area contributed by atoms with Crippen molar-refractivity contribution < 1.29 is 0 Å². The van der Waals surface area contributed by atoms with Gasteiger partial charge in [0, 0.05) is 6.54 Å². The van der Waals surface area contributed by atoms with E-state index >= 15 is 0 Å². The van der Waals surface area contributed by atoms with Crippen LogP contribution in [0.15, 0.2) is 11.6 Å². The molecule has 1 heteroatoms. The molecule has 1 fully saturated rings. The topological polar surface area (TPSA) is 3.24 Å². The second-order valence-corrected chi connectivity index (χ2v) is 3.61. The Hall–Kier alpha value is -0.300. The van der Waals surface area contributed by atoms with E-state index in [1.165, 1.54) is 45.3 Å². The number of hydrogen-bond acceptors (Lipinski definition) is 1. The van der Waals surface area contributed by atoms with Crippen LogP contribution in [0, 0.1) is 0 Å². The van der Waals surface area contributed by atoms with E-state index in [1.54, 1.807) is 5.57 Å². The highest BCUT2D eigenvalue weighted by atomic mass is 15.1.